The van der Waals surface area contributed by atoms with Gasteiger partial charge in [0, 0.05) is 13.1 Å². The summed E-state index contributed by atoms with van der Waals surface area (Å²) in [5.74, 6) is 1.57. The third-order valence-corrected chi connectivity index (χ3v) is 6.80. The van der Waals surface area contributed by atoms with E-state index in [-0.39, 0.29) is 29.2 Å². The van der Waals surface area contributed by atoms with E-state index in [2.05, 4.69) is 0 Å². The van der Waals surface area contributed by atoms with Crippen LogP contribution >= 0.6 is 0 Å². The summed E-state index contributed by atoms with van der Waals surface area (Å²) in [6, 6.07) is 5.90. The van der Waals surface area contributed by atoms with Crippen molar-refractivity contribution in [2.45, 2.75) is 20.3 Å². The molecular weight excluding hydrogens is 314 g/mol. The molecule has 2 atom stereocenters. The zero-order valence-electron chi connectivity index (χ0n) is 13.6. The molecule has 0 aromatic heterocycles. The highest BCUT2D eigenvalue weighted by Gasteiger charge is 2.44. The highest BCUT2D eigenvalue weighted by Crippen LogP contribution is 2.32. The van der Waals surface area contributed by atoms with Crippen molar-refractivity contribution < 1.29 is 17.9 Å². The van der Waals surface area contributed by atoms with Crippen molar-refractivity contribution in [2.24, 2.45) is 11.8 Å². The van der Waals surface area contributed by atoms with Crippen LogP contribution in [0.3, 0.4) is 0 Å². The van der Waals surface area contributed by atoms with E-state index < -0.39 is 9.84 Å². The minimum atomic E-state index is -2.88. The Morgan fingerprint density at radius 1 is 1.17 bits per heavy atom. The Balaban J connectivity index is 1.46. The Morgan fingerprint density at radius 3 is 2.43 bits per heavy atom. The van der Waals surface area contributed by atoms with Crippen molar-refractivity contribution in [2.75, 3.05) is 31.2 Å². The summed E-state index contributed by atoms with van der Waals surface area (Å²) in [4.78, 5) is 14.0. The number of ether oxygens (including phenoxy) is 1. The Bertz CT molecular complexity index is 693. The Labute approximate surface area is 137 Å². The molecule has 0 spiro atoms. The monoisotopic (exact) mass is 337 g/mol. The van der Waals surface area contributed by atoms with E-state index in [1.165, 1.54) is 11.1 Å². The molecule has 23 heavy (non-hydrogen) atoms. The number of nitrogens with zero attached hydrogens (tertiary/aromatic N) is 1. The minimum Gasteiger partial charge on any atom is -0.493 e. The number of sulfone groups is 1. The van der Waals surface area contributed by atoms with E-state index in [1.807, 2.05) is 32.0 Å². The number of benzene rings is 1. The molecular formula is C17H23NO4S. The maximum atomic E-state index is 12.2. The van der Waals surface area contributed by atoms with Crippen LogP contribution in [0.5, 0.6) is 5.75 Å². The Kier molecular flexibility index (Phi) is 4.36. The van der Waals surface area contributed by atoms with Gasteiger partial charge in [0.15, 0.2) is 9.84 Å². The van der Waals surface area contributed by atoms with Crippen LogP contribution in [0, 0.1) is 25.7 Å². The van der Waals surface area contributed by atoms with Crippen LogP contribution in [-0.4, -0.2) is 50.4 Å². The zero-order valence-corrected chi connectivity index (χ0v) is 14.4. The van der Waals surface area contributed by atoms with Gasteiger partial charge < -0.3 is 9.64 Å². The molecule has 0 radical (unpaired) electrons. The molecule has 2 saturated heterocycles. The van der Waals surface area contributed by atoms with Gasteiger partial charge in [0.1, 0.15) is 5.75 Å². The summed E-state index contributed by atoms with van der Waals surface area (Å²) < 4.78 is 28.8. The van der Waals surface area contributed by atoms with Crippen molar-refractivity contribution in [1.82, 2.24) is 4.90 Å². The average molecular weight is 337 g/mol. The summed E-state index contributed by atoms with van der Waals surface area (Å²) in [6.07, 6.45) is 0.332. The molecule has 1 amide bonds. The lowest BCUT2D eigenvalue weighted by molar-refractivity contribution is -0.130. The first-order valence-electron chi connectivity index (χ1n) is 8.02. The van der Waals surface area contributed by atoms with Gasteiger partial charge in [-0.25, -0.2) is 8.42 Å². The molecule has 3 rings (SSSR count). The predicted octanol–water partition coefficient (Wildman–Crippen LogP) is 1.58. The fraction of sp³-hybridized carbons (Fsp3) is 0.588. The van der Waals surface area contributed by atoms with E-state index in [1.54, 1.807) is 4.90 Å². The Morgan fingerprint density at radius 2 is 1.83 bits per heavy atom. The van der Waals surface area contributed by atoms with Crippen molar-refractivity contribution in [3.05, 3.63) is 29.3 Å². The van der Waals surface area contributed by atoms with Gasteiger partial charge in [-0.1, -0.05) is 6.07 Å². The van der Waals surface area contributed by atoms with Gasteiger partial charge in [-0.2, -0.15) is 0 Å². The minimum absolute atomic E-state index is 0.0561. The molecule has 0 N–H and O–H groups in total. The number of hydrogen-bond donors (Lipinski definition) is 0. The molecule has 0 bridgehead atoms. The van der Waals surface area contributed by atoms with Gasteiger partial charge in [-0.3, -0.25) is 4.79 Å². The van der Waals surface area contributed by atoms with Crippen molar-refractivity contribution >= 4 is 15.7 Å². The van der Waals surface area contributed by atoms with Gasteiger partial charge in [-0.15, -0.1) is 0 Å². The molecule has 1 aromatic carbocycles. The summed E-state index contributed by atoms with van der Waals surface area (Å²) in [7, 11) is -2.88. The first-order valence-corrected chi connectivity index (χ1v) is 9.84. The molecule has 1 aromatic rings. The van der Waals surface area contributed by atoms with E-state index in [0.29, 0.717) is 26.1 Å². The second-order valence-electron chi connectivity index (χ2n) is 6.74. The SMILES string of the molecule is Cc1ccc(OCCC(=O)N2C[C@@H]3CS(=O)(=O)C[C@@H]3C2)cc1C. The number of aryl methyl sites for hydroxylation is 2. The molecule has 2 aliphatic heterocycles. The third kappa shape index (κ3) is 3.68. The molecule has 2 heterocycles. The maximum Gasteiger partial charge on any atom is 0.226 e. The normalized spacial score (nSPS) is 25.4. The molecule has 6 heteroatoms. The van der Waals surface area contributed by atoms with E-state index in [4.69, 9.17) is 4.74 Å². The second-order valence-corrected chi connectivity index (χ2v) is 8.89. The fourth-order valence-electron chi connectivity index (χ4n) is 3.46. The van der Waals surface area contributed by atoms with Crippen LogP contribution in [0.15, 0.2) is 18.2 Å². The van der Waals surface area contributed by atoms with Crippen LogP contribution in [-0.2, 0) is 14.6 Å². The predicted molar refractivity (Wildman–Crippen MR) is 88.2 cm³/mol. The first kappa shape index (κ1) is 16.3. The van der Waals surface area contributed by atoms with Gasteiger partial charge in [0.05, 0.1) is 24.5 Å². The quantitative estimate of drug-likeness (QED) is 0.837. The first-order chi connectivity index (χ1) is 10.8. The van der Waals surface area contributed by atoms with Crippen LogP contribution in [0.1, 0.15) is 17.5 Å². The van der Waals surface area contributed by atoms with Crippen LogP contribution < -0.4 is 4.74 Å². The Hall–Kier alpha value is -1.56. The van der Waals surface area contributed by atoms with Gasteiger partial charge in [0.25, 0.3) is 0 Å². The molecule has 0 unspecified atom stereocenters. The molecule has 2 fully saturated rings. The van der Waals surface area contributed by atoms with Gasteiger partial charge in [-0.05, 0) is 48.9 Å². The second kappa shape index (κ2) is 6.15. The fourth-order valence-corrected chi connectivity index (χ4v) is 5.65. The number of amides is 1. The van der Waals surface area contributed by atoms with Gasteiger partial charge in [0.2, 0.25) is 5.91 Å². The van der Waals surface area contributed by atoms with E-state index >= 15 is 0 Å². The molecule has 0 saturated carbocycles. The third-order valence-electron chi connectivity index (χ3n) is 4.93. The van der Waals surface area contributed by atoms with Crippen LogP contribution in [0.2, 0.25) is 0 Å². The highest BCUT2D eigenvalue weighted by molar-refractivity contribution is 7.91. The van der Waals surface area contributed by atoms with Crippen LogP contribution in [0.25, 0.3) is 0 Å². The topological polar surface area (TPSA) is 63.7 Å². The standard InChI is InChI=1S/C17H23NO4S/c1-12-3-4-16(7-13(12)2)22-6-5-17(19)18-8-14-10-23(20,21)11-15(14)9-18/h3-4,7,14-15H,5-6,8-11H2,1-2H3/t14-,15+. The summed E-state index contributed by atoms with van der Waals surface area (Å²) in [5.41, 5.74) is 2.38. The maximum absolute atomic E-state index is 12.2. The van der Waals surface area contributed by atoms with E-state index in [0.717, 1.165) is 5.75 Å². The molecule has 2 aliphatic rings. The number of carbonyl (C=O) groups excluding carboxylic acids is 1. The summed E-state index contributed by atoms with van der Waals surface area (Å²) in [6.45, 7) is 5.58. The molecule has 5 nitrogen and oxygen atoms in total. The lowest BCUT2D eigenvalue weighted by Crippen LogP contribution is -2.31. The molecule has 126 valence electrons. The summed E-state index contributed by atoms with van der Waals surface area (Å²) >= 11 is 0. The highest BCUT2D eigenvalue weighted by atomic mass is 32.2. The largest absolute Gasteiger partial charge is 0.493 e. The number of likely N-dealkylation sites (tertiary alicyclic amines) is 1. The smallest absolute Gasteiger partial charge is 0.226 e. The van der Waals surface area contributed by atoms with E-state index in [9.17, 15) is 13.2 Å². The van der Waals surface area contributed by atoms with Crippen molar-refractivity contribution in [1.29, 1.82) is 0 Å². The average Bonchev–Trinajstić information content (AvgIpc) is 2.96. The van der Waals surface area contributed by atoms with Crippen LogP contribution in [0.4, 0.5) is 0 Å². The number of rotatable bonds is 4. The number of fused-ring (bicyclic) bond motifs is 1. The molecule has 0 aliphatic carbocycles. The lowest BCUT2D eigenvalue weighted by Gasteiger charge is -2.17. The number of carbonyl (C=O) groups is 1. The zero-order chi connectivity index (χ0) is 16.6. The van der Waals surface area contributed by atoms with Gasteiger partial charge >= 0.3 is 0 Å². The lowest BCUT2D eigenvalue weighted by atomic mass is 10.0. The number of hydrogen-bond acceptors (Lipinski definition) is 4. The van der Waals surface area contributed by atoms with Crippen molar-refractivity contribution in [3.8, 4) is 5.75 Å². The van der Waals surface area contributed by atoms with Crippen molar-refractivity contribution in [3.63, 3.8) is 0 Å². The summed E-state index contributed by atoms with van der Waals surface area (Å²) in [5, 5.41) is 0.